The van der Waals surface area contributed by atoms with Crippen LogP contribution in [0, 0.1) is 0 Å². The number of aromatic nitrogens is 1. The number of rotatable bonds is 2. The minimum atomic E-state index is -0.0684. The second-order valence-electron chi connectivity index (χ2n) is 4.15. The van der Waals surface area contributed by atoms with Crippen LogP contribution < -0.4 is 5.01 Å². The minimum absolute atomic E-state index is 0.0684. The molecular formula is C14H10ClN3O. The molecule has 1 aromatic carbocycles. The minimum Gasteiger partial charge on any atom is -0.272 e. The summed E-state index contributed by atoms with van der Waals surface area (Å²) in [6.07, 6.45) is 3.67. The third kappa shape index (κ3) is 2.35. The van der Waals surface area contributed by atoms with Gasteiger partial charge >= 0.3 is 0 Å². The van der Waals surface area contributed by atoms with Crippen LogP contribution in [0.1, 0.15) is 12.0 Å². The molecule has 5 heteroatoms. The molecule has 0 radical (unpaired) electrons. The van der Waals surface area contributed by atoms with E-state index < -0.39 is 0 Å². The van der Waals surface area contributed by atoms with Gasteiger partial charge in [0.05, 0.1) is 17.8 Å². The van der Waals surface area contributed by atoms with E-state index in [1.54, 1.807) is 36.7 Å². The molecule has 4 nitrogen and oxygen atoms in total. The second-order valence-corrected chi connectivity index (χ2v) is 4.59. The zero-order chi connectivity index (χ0) is 13.2. The maximum absolute atomic E-state index is 12.0. The van der Waals surface area contributed by atoms with Crippen LogP contribution in [-0.4, -0.2) is 16.6 Å². The third-order valence-corrected chi connectivity index (χ3v) is 3.06. The molecule has 1 aliphatic heterocycles. The number of hydrogen-bond donors (Lipinski definition) is 0. The number of carbonyl (C=O) groups excluding carboxylic acids is 1. The molecule has 0 spiro atoms. The van der Waals surface area contributed by atoms with E-state index in [0.717, 1.165) is 11.3 Å². The van der Waals surface area contributed by atoms with E-state index in [9.17, 15) is 4.79 Å². The Kier molecular flexibility index (Phi) is 3.01. The summed E-state index contributed by atoms with van der Waals surface area (Å²) in [4.78, 5) is 16.1. The van der Waals surface area contributed by atoms with Crippen molar-refractivity contribution in [2.75, 3.05) is 5.01 Å². The number of anilines is 1. The van der Waals surface area contributed by atoms with Crippen LogP contribution in [0.3, 0.4) is 0 Å². The van der Waals surface area contributed by atoms with Gasteiger partial charge in [-0.3, -0.25) is 9.78 Å². The van der Waals surface area contributed by atoms with Gasteiger partial charge in [-0.15, -0.1) is 0 Å². The lowest BCUT2D eigenvalue weighted by Gasteiger charge is -2.11. The molecule has 94 valence electrons. The number of hydrogen-bond acceptors (Lipinski definition) is 3. The number of benzene rings is 1. The first-order valence-corrected chi connectivity index (χ1v) is 6.18. The van der Waals surface area contributed by atoms with Crippen molar-refractivity contribution in [2.24, 2.45) is 5.10 Å². The molecule has 0 N–H and O–H groups in total. The summed E-state index contributed by atoms with van der Waals surface area (Å²) >= 11 is 5.93. The topological polar surface area (TPSA) is 45.6 Å². The van der Waals surface area contributed by atoms with Crippen LogP contribution in [0.4, 0.5) is 5.69 Å². The fraction of sp³-hybridized carbons (Fsp3) is 0.0714. The first kappa shape index (κ1) is 11.9. The Hall–Kier alpha value is -2.20. The summed E-state index contributed by atoms with van der Waals surface area (Å²) in [5.41, 5.74) is 2.26. The molecule has 2 aromatic rings. The van der Waals surface area contributed by atoms with E-state index in [1.165, 1.54) is 5.01 Å². The van der Waals surface area contributed by atoms with Gasteiger partial charge in [-0.05, 0) is 30.3 Å². The molecule has 0 saturated heterocycles. The third-order valence-electron chi connectivity index (χ3n) is 2.82. The van der Waals surface area contributed by atoms with Gasteiger partial charge in [-0.25, -0.2) is 5.01 Å². The van der Waals surface area contributed by atoms with Crippen molar-refractivity contribution in [1.82, 2.24) is 4.98 Å². The van der Waals surface area contributed by atoms with Crippen LogP contribution >= 0.6 is 11.6 Å². The van der Waals surface area contributed by atoms with E-state index in [-0.39, 0.29) is 12.3 Å². The lowest BCUT2D eigenvalue weighted by atomic mass is 10.1. The molecule has 0 saturated carbocycles. The van der Waals surface area contributed by atoms with Crippen LogP contribution in [-0.2, 0) is 4.79 Å². The average Bonchev–Trinajstić information content (AvgIpc) is 2.82. The highest BCUT2D eigenvalue weighted by Gasteiger charge is 2.26. The molecule has 3 rings (SSSR count). The average molecular weight is 272 g/mol. The molecule has 1 amide bonds. The zero-order valence-electron chi connectivity index (χ0n) is 9.95. The molecule has 0 fully saturated rings. The zero-order valence-corrected chi connectivity index (χ0v) is 10.7. The fourth-order valence-electron chi connectivity index (χ4n) is 1.93. The number of halogens is 1. The standard InChI is InChI=1S/C14H10ClN3O/c15-11-4-1-5-12(7-11)18-14(19)8-13(17-18)10-3-2-6-16-9-10/h1-7,9H,8H2. The Bertz CT molecular complexity index is 655. The first-order valence-electron chi connectivity index (χ1n) is 5.80. The summed E-state index contributed by atoms with van der Waals surface area (Å²) in [5, 5.41) is 6.31. The van der Waals surface area contributed by atoms with Gasteiger partial charge < -0.3 is 0 Å². The van der Waals surface area contributed by atoms with E-state index in [2.05, 4.69) is 10.1 Å². The Labute approximate surface area is 115 Å². The highest BCUT2D eigenvalue weighted by atomic mass is 35.5. The normalized spacial score (nSPS) is 14.7. The number of carbonyl (C=O) groups is 1. The van der Waals surface area contributed by atoms with Gasteiger partial charge in [0.2, 0.25) is 0 Å². The SMILES string of the molecule is O=C1CC(c2cccnc2)=NN1c1cccc(Cl)c1. The number of pyridine rings is 1. The Morgan fingerprint density at radius 1 is 1.21 bits per heavy atom. The van der Waals surface area contributed by atoms with Crippen molar-refractivity contribution in [3.05, 3.63) is 59.4 Å². The van der Waals surface area contributed by atoms with Crippen molar-refractivity contribution < 1.29 is 4.79 Å². The predicted molar refractivity (Wildman–Crippen MR) is 74.3 cm³/mol. The molecule has 19 heavy (non-hydrogen) atoms. The second kappa shape index (κ2) is 4.82. The maximum atomic E-state index is 12.0. The van der Waals surface area contributed by atoms with Gasteiger partial charge in [-0.2, -0.15) is 5.10 Å². The molecule has 0 atom stereocenters. The highest BCUT2D eigenvalue weighted by Crippen LogP contribution is 2.25. The molecule has 0 aliphatic carbocycles. The van der Waals surface area contributed by atoms with Crippen LogP contribution in [0.25, 0.3) is 0 Å². The van der Waals surface area contributed by atoms with E-state index in [4.69, 9.17) is 11.6 Å². The van der Waals surface area contributed by atoms with Gasteiger partial charge in [0.1, 0.15) is 0 Å². The van der Waals surface area contributed by atoms with Crippen LogP contribution in [0.2, 0.25) is 5.02 Å². The maximum Gasteiger partial charge on any atom is 0.253 e. The Balaban J connectivity index is 1.96. The molecule has 0 bridgehead atoms. The number of hydrazone groups is 1. The van der Waals surface area contributed by atoms with Crippen molar-refractivity contribution in [3.8, 4) is 0 Å². The summed E-state index contributed by atoms with van der Waals surface area (Å²) in [5.74, 6) is -0.0684. The van der Waals surface area contributed by atoms with E-state index in [1.807, 2.05) is 12.1 Å². The fourth-order valence-corrected chi connectivity index (χ4v) is 2.12. The van der Waals surface area contributed by atoms with Gasteiger partial charge in [0.25, 0.3) is 5.91 Å². The summed E-state index contributed by atoms with van der Waals surface area (Å²) in [7, 11) is 0. The molecule has 0 unspecified atom stereocenters. The quantitative estimate of drug-likeness (QED) is 0.843. The van der Waals surface area contributed by atoms with Gasteiger partial charge in [0.15, 0.2) is 0 Å². The predicted octanol–water partition coefficient (Wildman–Crippen LogP) is 2.88. The highest BCUT2D eigenvalue weighted by molar-refractivity contribution is 6.31. The summed E-state index contributed by atoms with van der Waals surface area (Å²) in [6, 6.07) is 10.8. The lowest BCUT2D eigenvalue weighted by Crippen LogP contribution is -2.19. The molecule has 1 aliphatic rings. The van der Waals surface area contributed by atoms with Crippen molar-refractivity contribution in [1.29, 1.82) is 0 Å². The van der Waals surface area contributed by atoms with Crippen molar-refractivity contribution in [3.63, 3.8) is 0 Å². The molecule has 1 aromatic heterocycles. The molecule has 2 heterocycles. The Morgan fingerprint density at radius 2 is 2.11 bits per heavy atom. The first-order chi connectivity index (χ1) is 9.24. The van der Waals surface area contributed by atoms with Crippen molar-refractivity contribution >= 4 is 28.9 Å². The number of nitrogens with zero attached hydrogens (tertiary/aromatic N) is 3. The monoisotopic (exact) mass is 271 g/mol. The van der Waals surface area contributed by atoms with Gasteiger partial charge in [0, 0.05) is 23.0 Å². The largest absolute Gasteiger partial charge is 0.272 e. The van der Waals surface area contributed by atoms with Gasteiger partial charge in [-0.1, -0.05) is 17.7 Å². The smallest absolute Gasteiger partial charge is 0.253 e. The van der Waals surface area contributed by atoms with E-state index in [0.29, 0.717) is 10.7 Å². The molecular weight excluding hydrogens is 262 g/mol. The Morgan fingerprint density at radius 3 is 2.84 bits per heavy atom. The van der Waals surface area contributed by atoms with E-state index >= 15 is 0 Å². The van der Waals surface area contributed by atoms with Crippen molar-refractivity contribution in [2.45, 2.75) is 6.42 Å². The van der Waals surface area contributed by atoms with Crippen LogP contribution in [0.5, 0.6) is 0 Å². The lowest BCUT2D eigenvalue weighted by molar-refractivity contribution is -0.116. The van der Waals surface area contributed by atoms with Crippen LogP contribution in [0.15, 0.2) is 53.9 Å². The summed E-state index contributed by atoms with van der Waals surface area (Å²) < 4.78 is 0. The summed E-state index contributed by atoms with van der Waals surface area (Å²) in [6.45, 7) is 0. The number of amides is 1.